The molecule has 0 aromatic carbocycles. The zero-order chi connectivity index (χ0) is 18.2. The molecule has 0 aliphatic carbocycles. The van der Waals surface area contributed by atoms with Crippen LogP contribution in [0.2, 0.25) is 12.1 Å². The third-order valence-corrected chi connectivity index (χ3v) is 9.07. The Morgan fingerprint density at radius 1 is 0.800 bits per heavy atom. The second-order valence-corrected chi connectivity index (χ2v) is 11.4. The lowest BCUT2D eigenvalue weighted by molar-refractivity contribution is 0.0479. The smallest absolute Gasteiger partial charge is 0.337 e. The number of rotatable bonds is 17. The predicted octanol–water partition coefficient (Wildman–Crippen LogP) is 6.60. The Morgan fingerprint density at radius 2 is 1.40 bits per heavy atom. The van der Waals surface area contributed by atoms with Crippen LogP contribution in [0.15, 0.2) is 0 Å². The van der Waals surface area contributed by atoms with Crippen molar-refractivity contribution in [2.75, 3.05) is 19.8 Å². The molecule has 0 spiro atoms. The van der Waals surface area contributed by atoms with Gasteiger partial charge in [0.15, 0.2) is 0 Å². The molecule has 0 saturated carbocycles. The minimum atomic E-state index is -1.99. The molecule has 1 rings (SSSR count). The van der Waals surface area contributed by atoms with E-state index in [9.17, 15) is 0 Å². The Bertz CT molecular complexity index is 289. The maximum Gasteiger partial charge on any atom is 0.337 e. The van der Waals surface area contributed by atoms with E-state index in [1.807, 2.05) is 0 Å². The lowest BCUT2D eigenvalue weighted by atomic mass is 10.1. The molecular formula is C21H44O3Si. The lowest BCUT2D eigenvalue weighted by Crippen LogP contribution is -2.43. The van der Waals surface area contributed by atoms with Crippen LogP contribution in [0.1, 0.15) is 97.8 Å². The first-order chi connectivity index (χ1) is 12.3. The van der Waals surface area contributed by atoms with Crippen molar-refractivity contribution in [3.8, 4) is 0 Å². The van der Waals surface area contributed by atoms with Gasteiger partial charge < -0.3 is 13.6 Å². The Labute approximate surface area is 158 Å². The average molecular weight is 373 g/mol. The van der Waals surface area contributed by atoms with Gasteiger partial charge in [0.05, 0.1) is 12.7 Å². The highest BCUT2D eigenvalue weighted by molar-refractivity contribution is 6.67. The predicted molar refractivity (Wildman–Crippen MR) is 109 cm³/mol. The van der Waals surface area contributed by atoms with Crippen LogP contribution in [-0.2, 0) is 13.6 Å². The van der Waals surface area contributed by atoms with Crippen LogP contribution in [0.3, 0.4) is 0 Å². The van der Waals surface area contributed by atoms with Gasteiger partial charge in [-0.15, -0.1) is 0 Å². The molecule has 0 N–H and O–H groups in total. The molecule has 25 heavy (non-hydrogen) atoms. The third-order valence-electron chi connectivity index (χ3n) is 5.50. The van der Waals surface area contributed by atoms with Gasteiger partial charge in [0, 0.05) is 13.2 Å². The van der Waals surface area contributed by atoms with Gasteiger partial charge >= 0.3 is 8.56 Å². The summed E-state index contributed by atoms with van der Waals surface area (Å²) in [4.78, 5) is 0. The van der Waals surface area contributed by atoms with Gasteiger partial charge in [-0.05, 0) is 31.4 Å². The molecule has 150 valence electrons. The summed E-state index contributed by atoms with van der Waals surface area (Å²) < 4.78 is 18.3. The van der Waals surface area contributed by atoms with Crippen LogP contribution in [0.25, 0.3) is 0 Å². The molecule has 1 heterocycles. The largest absolute Gasteiger partial charge is 0.394 e. The van der Waals surface area contributed by atoms with E-state index in [4.69, 9.17) is 13.6 Å². The fourth-order valence-corrected chi connectivity index (χ4v) is 5.97. The summed E-state index contributed by atoms with van der Waals surface area (Å²) in [5, 5.41) is 0. The van der Waals surface area contributed by atoms with Gasteiger partial charge in [-0.1, -0.05) is 78.6 Å². The van der Waals surface area contributed by atoms with Crippen LogP contribution in [0.4, 0.5) is 0 Å². The molecule has 0 aromatic rings. The van der Waals surface area contributed by atoms with E-state index in [-0.39, 0.29) is 0 Å². The fraction of sp³-hybridized carbons (Fsp3) is 1.00. The van der Waals surface area contributed by atoms with Gasteiger partial charge in [-0.2, -0.15) is 0 Å². The average Bonchev–Trinajstić information content (AvgIpc) is 3.16. The summed E-state index contributed by atoms with van der Waals surface area (Å²) in [7, 11) is -1.99. The van der Waals surface area contributed by atoms with Crippen molar-refractivity contribution in [3.63, 3.8) is 0 Å². The van der Waals surface area contributed by atoms with E-state index in [0.717, 1.165) is 38.3 Å². The quantitative estimate of drug-likeness (QED) is 0.212. The van der Waals surface area contributed by atoms with Crippen molar-refractivity contribution in [2.45, 2.75) is 116 Å². The molecule has 4 heteroatoms. The summed E-state index contributed by atoms with van der Waals surface area (Å²) in [6.45, 7) is 9.26. The lowest BCUT2D eigenvalue weighted by Gasteiger charge is -2.30. The Balaban J connectivity index is 2.02. The summed E-state index contributed by atoms with van der Waals surface area (Å²) >= 11 is 0. The second-order valence-electron chi connectivity index (χ2n) is 7.59. The summed E-state index contributed by atoms with van der Waals surface area (Å²) in [5.41, 5.74) is 0. The highest BCUT2D eigenvalue weighted by Gasteiger charge is 2.34. The zero-order valence-corrected chi connectivity index (χ0v) is 18.3. The molecular weight excluding hydrogens is 328 g/mol. The first-order valence-electron chi connectivity index (χ1n) is 11.2. The Hall–Kier alpha value is 0.0969. The normalized spacial score (nSPS) is 18.1. The Kier molecular flexibility index (Phi) is 14.1. The fourth-order valence-electron chi connectivity index (χ4n) is 3.57. The van der Waals surface area contributed by atoms with Crippen molar-refractivity contribution in [3.05, 3.63) is 0 Å². The minimum Gasteiger partial charge on any atom is -0.394 e. The number of hydrogen-bond acceptors (Lipinski definition) is 3. The Morgan fingerprint density at radius 3 is 1.92 bits per heavy atom. The zero-order valence-electron chi connectivity index (χ0n) is 17.3. The monoisotopic (exact) mass is 372 g/mol. The standard InChI is InChI=1S/C21H44O3Si/c1-4-7-8-9-10-11-12-13-14-15-19-23-25(5-2,6-3)24-20-21-17-16-18-22-21/h21H,4-20H2,1-3H3. The SMILES string of the molecule is CCCCCCCCCCCCO[Si](CC)(CC)OCC1CCCO1. The van der Waals surface area contributed by atoms with Gasteiger partial charge in [-0.3, -0.25) is 0 Å². The first-order valence-corrected chi connectivity index (χ1v) is 13.4. The maximum absolute atomic E-state index is 6.32. The van der Waals surface area contributed by atoms with Gasteiger partial charge in [0.1, 0.15) is 0 Å². The topological polar surface area (TPSA) is 27.7 Å². The molecule has 1 aliphatic heterocycles. The van der Waals surface area contributed by atoms with E-state index >= 15 is 0 Å². The van der Waals surface area contributed by atoms with Gasteiger partial charge in [0.2, 0.25) is 0 Å². The van der Waals surface area contributed by atoms with E-state index in [2.05, 4.69) is 20.8 Å². The van der Waals surface area contributed by atoms with Crippen molar-refractivity contribution < 1.29 is 13.6 Å². The first kappa shape index (κ1) is 23.1. The molecule has 1 unspecified atom stereocenters. The van der Waals surface area contributed by atoms with Crippen LogP contribution in [0.5, 0.6) is 0 Å². The van der Waals surface area contributed by atoms with Gasteiger partial charge in [-0.25, -0.2) is 0 Å². The molecule has 1 saturated heterocycles. The maximum atomic E-state index is 6.32. The van der Waals surface area contributed by atoms with E-state index < -0.39 is 8.56 Å². The minimum absolute atomic E-state index is 0.311. The third kappa shape index (κ3) is 10.7. The van der Waals surface area contributed by atoms with Crippen LogP contribution in [-0.4, -0.2) is 34.5 Å². The number of ether oxygens (including phenoxy) is 1. The molecule has 1 aliphatic rings. The van der Waals surface area contributed by atoms with E-state index in [1.54, 1.807) is 0 Å². The van der Waals surface area contributed by atoms with E-state index in [1.165, 1.54) is 70.6 Å². The molecule has 0 radical (unpaired) electrons. The molecule has 1 atom stereocenters. The van der Waals surface area contributed by atoms with Crippen molar-refractivity contribution in [1.29, 1.82) is 0 Å². The van der Waals surface area contributed by atoms with Crippen molar-refractivity contribution in [2.24, 2.45) is 0 Å². The highest BCUT2D eigenvalue weighted by Crippen LogP contribution is 2.22. The van der Waals surface area contributed by atoms with Crippen molar-refractivity contribution in [1.82, 2.24) is 0 Å². The molecule has 0 amide bonds. The number of hydrogen-bond donors (Lipinski definition) is 0. The molecule has 0 aromatic heterocycles. The number of unbranched alkanes of at least 4 members (excludes halogenated alkanes) is 9. The summed E-state index contributed by atoms with van der Waals surface area (Å²) in [5.74, 6) is 0. The molecule has 0 bridgehead atoms. The second kappa shape index (κ2) is 15.2. The molecule has 3 nitrogen and oxygen atoms in total. The van der Waals surface area contributed by atoms with Crippen LogP contribution >= 0.6 is 0 Å². The van der Waals surface area contributed by atoms with Crippen molar-refractivity contribution >= 4 is 8.56 Å². The summed E-state index contributed by atoms with van der Waals surface area (Å²) in [6, 6.07) is 2.10. The molecule has 1 fully saturated rings. The summed E-state index contributed by atoms with van der Waals surface area (Å²) in [6.07, 6.45) is 16.3. The van der Waals surface area contributed by atoms with Crippen LogP contribution in [0, 0.1) is 0 Å². The van der Waals surface area contributed by atoms with Crippen LogP contribution < -0.4 is 0 Å². The van der Waals surface area contributed by atoms with E-state index in [0.29, 0.717) is 6.10 Å². The van der Waals surface area contributed by atoms with Gasteiger partial charge in [0.25, 0.3) is 0 Å². The highest BCUT2D eigenvalue weighted by atomic mass is 28.4.